The smallest absolute Gasteiger partial charge is 0.171 e. The maximum Gasteiger partial charge on any atom is 0.391 e. The Morgan fingerprint density at radius 3 is 1.10 bits per heavy atom. The SMILES string of the molecule is CCC(C)C(F)(F)F.CCCCC.[2H]C(C)(C)C(F)(F)F. The van der Waals surface area contributed by atoms with Crippen molar-refractivity contribution >= 4 is 0 Å². The van der Waals surface area contributed by atoms with Crippen LogP contribution in [0.3, 0.4) is 0 Å². The third-order valence-electron chi connectivity index (χ3n) is 2.45. The summed E-state index contributed by atoms with van der Waals surface area (Å²) in [7, 11) is 0. The Bertz CT molecular complexity index is 213. The van der Waals surface area contributed by atoms with Gasteiger partial charge in [-0.15, -0.1) is 0 Å². The lowest BCUT2D eigenvalue weighted by Gasteiger charge is -2.11. The molecule has 126 valence electrons. The van der Waals surface area contributed by atoms with Gasteiger partial charge >= 0.3 is 12.4 Å². The molecular weight excluding hydrogens is 282 g/mol. The van der Waals surface area contributed by atoms with E-state index in [1.54, 1.807) is 0 Å². The molecule has 0 heterocycles. The van der Waals surface area contributed by atoms with E-state index >= 15 is 0 Å². The minimum absolute atomic E-state index is 0.170. The molecule has 0 N–H and O–H groups in total. The molecule has 0 aliphatic rings. The molecule has 0 aromatic carbocycles. The summed E-state index contributed by atoms with van der Waals surface area (Å²) in [6.45, 7) is 8.76. The third kappa shape index (κ3) is 19.9. The lowest BCUT2D eigenvalue weighted by atomic mass is 10.1. The standard InChI is InChI=1S/C5H9F3.C5H12.C4H7F3/c1-3-4(2)5(6,7)8;1-3-5-4-2;1-3(2)4(5,6)7/h4H,3H2,1-2H3;3-5H2,1-2H3;3H,1-2H3/i;;3D. The Morgan fingerprint density at radius 1 is 0.800 bits per heavy atom. The molecule has 0 amide bonds. The van der Waals surface area contributed by atoms with Crippen LogP contribution in [-0.2, 0) is 0 Å². The first kappa shape index (κ1) is 21.9. The second kappa shape index (κ2) is 12.3. The van der Waals surface area contributed by atoms with Crippen molar-refractivity contribution in [3.05, 3.63) is 0 Å². The van der Waals surface area contributed by atoms with Crippen molar-refractivity contribution in [1.82, 2.24) is 0 Å². The van der Waals surface area contributed by atoms with E-state index in [2.05, 4.69) is 13.8 Å². The number of rotatable bonds is 3. The summed E-state index contributed by atoms with van der Waals surface area (Å²) < 4.78 is 74.9. The summed E-state index contributed by atoms with van der Waals surface area (Å²) in [6.07, 6.45) is -4.14. The molecule has 0 fully saturated rings. The fraction of sp³-hybridized carbons (Fsp3) is 1.00. The molecule has 0 aromatic rings. The zero-order valence-corrected chi connectivity index (χ0v) is 13.2. The summed E-state index contributed by atoms with van der Waals surface area (Å²) >= 11 is 0. The highest BCUT2D eigenvalue weighted by Gasteiger charge is 2.34. The maximum atomic E-state index is 11.4. The first-order valence-electron chi connectivity index (χ1n) is 7.28. The Morgan fingerprint density at radius 2 is 1.10 bits per heavy atom. The highest BCUT2D eigenvalue weighted by molar-refractivity contribution is 4.58. The van der Waals surface area contributed by atoms with Crippen LogP contribution in [0.25, 0.3) is 0 Å². The van der Waals surface area contributed by atoms with Crippen LogP contribution in [0.2, 0.25) is 0 Å². The average molecular weight is 311 g/mol. The lowest BCUT2D eigenvalue weighted by molar-refractivity contribution is -0.170. The summed E-state index contributed by atoms with van der Waals surface area (Å²) in [4.78, 5) is 0. The highest BCUT2D eigenvalue weighted by atomic mass is 19.4. The summed E-state index contributed by atoms with van der Waals surface area (Å²) in [5.41, 5.74) is 0. The fourth-order valence-corrected chi connectivity index (χ4v) is 0.585. The van der Waals surface area contributed by atoms with Crippen LogP contribution in [0.1, 0.15) is 68.6 Å². The van der Waals surface area contributed by atoms with Crippen molar-refractivity contribution in [2.45, 2.75) is 79.6 Å². The molecule has 0 aliphatic heterocycles. The van der Waals surface area contributed by atoms with Gasteiger partial charge in [0.1, 0.15) is 0 Å². The Labute approximate surface area is 120 Å². The first-order chi connectivity index (χ1) is 9.15. The van der Waals surface area contributed by atoms with E-state index in [1.165, 1.54) is 33.1 Å². The number of unbranched alkanes of at least 4 members (excludes halogenated alkanes) is 2. The quantitative estimate of drug-likeness (QED) is 0.492. The molecule has 0 aliphatic carbocycles. The van der Waals surface area contributed by atoms with Crippen LogP contribution < -0.4 is 0 Å². The monoisotopic (exact) mass is 311 g/mol. The first-order valence-corrected chi connectivity index (χ1v) is 6.78. The molecule has 0 spiro atoms. The van der Waals surface area contributed by atoms with Crippen LogP contribution in [0.5, 0.6) is 0 Å². The van der Waals surface area contributed by atoms with Gasteiger partial charge in [-0.05, 0) is 6.42 Å². The number of hydrogen-bond acceptors (Lipinski definition) is 0. The van der Waals surface area contributed by atoms with Crippen molar-refractivity contribution in [3.8, 4) is 0 Å². The van der Waals surface area contributed by atoms with Gasteiger partial charge in [0.25, 0.3) is 0 Å². The maximum absolute atomic E-state index is 11.4. The van der Waals surface area contributed by atoms with E-state index in [4.69, 9.17) is 1.37 Å². The molecule has 20 heavy (non-hydrogen) atoms. The molecular formula is C14H28F6. The zero-order valence-electron chi connectivity index (χ0n) is 14.2. The molecule has 0 aromatic heterocycles. The average Bonchev–Trinajstić information content (AvgIpc) is 2.26. The van der Waals surface area contributed by atoms with Crippen LogP contribution in [-0.4, -0.2) is 12.4 Å². The van der Waals surface area contributed by atoms with Crippen molar-refractivity contribution in [2.24, 2.45) is 11.8 Å². The van der Waals surface area contributed by atoms with Gasteiger partial charge in [-0.1, -0.05) is 60.8 Å². The van der Waals surface area contributed by atoms with Gasteiger partial charge in [0, 0.05) is 7.26 Å². The second-order valence-corrected chi connectivity index (χ2v) is 4.70. The van der Waals surface area contributed by atoms with Crippen molar-refractivity contribution in [3.63, 3.8) is 0 Å². The van der Waals surface area contributed by atoms with Crippen LogP contribution in [0.4, 0.5) is 26.3 Å². The van der Waals surface area contributed by atoms with E-state index in [0.717, 1.165) is 13.8 Å². The van der Waals surface area contributed by atoms with E-state index in [1.807, 2.05) is 0 Å². The van der Waals surface area contributed by atoms with E-state index < -0.39 is 24.2 Å². The summed E-state index contributed by atoms with van der Waals surface area (Å²) in [6, 6.07) is 0. The minimum Gasteiger partial charge on any atom is -0.171 e. The third-order valence-corrected chi connectivity index (χ3v) is 2.45. The summed E-state index contributed by atoms with van der Waals surface area (Å²) in [5, 5.41) is 0. The Kier molecular flexibility index (Phi) is 13.5. The number of alkyl halides is 6. The van der Waals surface area contributed by atoms with Gasteiger partial charge in [-0.2, -0.15) is 26.3 Å². The van der Waals surface area contributed by atoms with E-state index in [-0.39, 0.29) is 6.42 Å². The fourth-order valence-electron chi connectivity index (χ4n) is 0.585. The van der Waals surface area contributed by atoms with Gasteiger partial charge in [0.15, 0.2) is 0 Å². The van der Waals surface area contributed by atoms with E-state index in [9.17, 15) is 26.3 Å². The van der Waals surface area contributed by atoms with Gasteiger partial charge < -0.3 is 0 Å². The predicted molar refractivity (Wildman–Crippen MR) is 71.6 cm³/mol. The van der Waals surface area contributed by atoms with Crippen molar-refractivity contribution < 1.29 is 27.7 Å². The topological polar surface area (TPSA) is 0 Å². The molecule has 0 rings (SSSR count). The largest absolute Gasteiger partial charge is 0.391 e. The molecule has 0 saturated carbocycles. The molecule has 0 saturated heterocycles. The second-order valence-electron chi connectivity index (χ2n) is 4.70. The number of hydrogen-bond donors (Lipinski definition) is 0. The van der Waals surface area contributed by atoms with Crippen molar-refractivity contribution in [1.29, 1.82) is 0 Å². The predicted octanol–water partition coefficient (Wildman–Crippen LogP) is 7.00. The van der Waals surface area contributed by atoms with Crippen LogP contribution in [0, 0.1) is 11.8 Å². The zero-order chi connectivity index (χ0) is 17.9. The lowest BCUT2D eigenvalue weighted by Crippen LogP contribution is -2.18. The molecule has 0 radical (unpaired) electrons. The molecule has 1 atom stereocenters. The minimum atomic E-state index is -4.40. The van der Waals surface area contributed by atoms with Crippen LogP contribution in [0.15, 0.2) is 0 Å². The van der Waals surface area contributed by atoms with Crippen molar-refractivity contribution in [2.75, 3.05) is 0 Å². The molecule has 0 bridgehead atoms. The Hall–Kier alpha value is -0.420. The normalized spacial score (nSPS) is 14.3. The van der Waals surface area contributed by atoms with E-state index in [0.29, 0.717) is 0 Å². The Balaban J connectivity index is -0.000000239. The van der Waals surface area contributed by atoms with Crippen LogP contribution >= 0.6 is 0 Å². The van der Waals surface area contributed by atoms with Gasteiger partial charge in [-0.25, -0.2) is 0 Å². The molecule has 6 heteroatoms. The molecule has 1 unspecified atom stereocenters. The highest BCUT2D eigenvalue weighted by Crippen LogP contribution is 2.27. The number of halogens is 6. The van der Waals surface area contributed by atoms with Gasteiger partial charge in [0.2, 0.25) is 0 Å². The van der Waals surface area contributed by atoms with Gasteiger partial charge in [0.05, 0.1) is 5.92 Å². The molecule has 0 nitrogen and oxygen atoms in total. The van der Waals surface area contributed by atoms with Gasteiger partial charge in [-0.3, -0.25) is 0 Å². The summed E-state index contributed by atoms with van der Waals surface area (Å²) in [5.74, 6) is -3.46.